The number of aryl methyl sites for hydroxylation is 1. The Morgan fingerprint density at radius 1 is 1.42 bits per heavy atom. The first-order valence-electron chi connectivity index (χ1n) is 5.80. The maximum Gasteiger partial charge on any atom is 0.408 e. The van der Waals surface area contributed by atoms with Crippen LogP contribution < -0.4 is 5.32 Å². The quantitative estimate of drug-likeness (QED) is 0.892. The second-order valence-electron chi connectivity index (χ2n) is 5.14. The molecule has 0 aliphatic carbocycles. The minimum atomic E-state index is -1.01. The average Bonchev–Trinajstić information content (AvgIpc) is 2.57. The minimum Gasteiger partial charge on any atom is -0.477 e. The number of carbonyl (C=O) groups is 2. The van der Waals surface area contributed by atoms with Crippen molar-refractivity contribution in [2.24, 2.45) is 0 Å². The van der Waals surface area contributed by atoms with E-state index in [2.05, 4.69) is 10.3 Å². The summed E-state index contributed by atoms with van der Waals surface area (Å²) in [4.78, 5) is 26.9. The van der Waals surface area contributed by atoms with E-state index in [0.717, 1.165) is 11.3 Å². The van der Waals surface area contributed by atoms with Crippen molar-refractivity contribution in [3.63, 3.8) is 0 Å². The minimum absolute atomic E-state index is 0.188. The van der Waals surface area contributed by atoms with Crippen LogP contribution >= 0.6 is 11.3 Å². The topological polar surface area (TPSA) is 88.5 Å². The Morgan fingerprint density at radius 2 is 2.00 bits per heavy atom. The fourth-order valence-corrected chi connectivity index (χ4v) is 2.26. The predicted molar refractivity (Wildman–Crippen MR) is 71.6 cm³/mol. The second-order valence-corrected chi connectivity index (χ2v) is 6.17. The summed E-state index contributed by atoms with van der Waals surface area (Å²) < 4.78 is 5.12. The van der Waals surface area contributed by atoms with Crippen LogP contribution in [0.1, 0.15) is 54.1 Å². The number of amides is 1. The third-order valence-electron chi connectivity index (χ3n) is 2.11. The van der Waals surface area contributed by atoms with Gasteiger partial charge in [-0.1, -0.05) is 0 Å². The molecule has 2 N–H and O–H groups in total. The van der Waals surface area contributed by atoms with Crippen LogP contribution in [0.2, 0.25) is 0 Å². The van der Waals surface area contributed by atoms with Gasteiger partial charge < -0.3 is 15.2 Å². The molecule has 1 aromatic heterocycles. The number of nitrogens with zero attached hydrogens (tertiary/aromatic N) is 1. The molecule has 0 saturated carbocycles. The Labute approximate surface area is 115 Å². The number of aromatic carboxylic acids is 1. The maximum absolute atomic E-state index is 11.6. The van der Waals surface area contributed by atoms with E-state index < -0.39 is 23.7 Å². The van der Waals surface area contributed by atoms with Crippen molar-refractivity contribution in [1.82, 2.24) is 10.3 Å². The van der Waals surface area contributed by atoms with Crippen molar-refractivity contribution in [1.29, 1.82) is 0 Å². The van der Waals surface area contributed by atoms with Gasteiger partial charge in [0.2, 0.25) is 0 Å². The van der Waals surface area contributed by atoms with Crippen LogP contribution in [-0.2, 0) is 4.74 Å². The molecule has 106 valence electrons. The van der Waals surface area contributed by atoms with E-state index in [0.29, 0.717) is 10.7 Å². The van der Waals surface area contributed by atoms with Crippen LogP contribution in [0, 0.1) is 6.92 Å². The van der Waals surface area contributed by atoms with Gasteiger partial charge in [0, 0.05) is 0 Å². The zero-order valence-electron chi connectivity index (χ0n) is 11.6. The van der Waals surface area contributed by atoms with Crippen LogP contribution in [0.3, 0.4) is 0 Å². The molecule has 19 heavy (non-hydrogen) atoms. The van der Waals surface area contributed by atoms with E-state index in [4.69, 9.17) is 9.84 Å². The van der Waals surface area contributed by atoms with Crippen LogP contribution in [0.4, 0.5) is 4.79 Å². The fourth-order valence-electron chi connectivity index (χ4n) is 1.35. The van der Waals surface area contributed by atoms with Gasteiger partial charge in [-0.25, -0.2) is 14.6 Å². The van der Waals surface area contributed by atoms with Gasteiger partial charge >= 0.3 is 12.1 Å². The number of carbonyl (C=O) groups excluding carboxylic acids is 1. The van der Waals surface area contributed by atoms with Crippen molar-refractivity contribution in [3.05, 3.63) is 15.6 Å². The number of hydrogen-bond acceptors (Lipinski definition) is 5. The zero-order chi connectivity index (χ0) is 14.8. The molecule has 0 saturated heterocycles. The van der Waals surface area contributed by atoms with E-state index in [9.17, 15) is 9.59 Å². The van der Waals surface area contributed by atoms with Crippen LogP contribution in [0.5, 0.6) is 0 Å². The summed E-state index contributed by atoms with van der Waals surface area (Å²) >= 11 is 1.05. The first kappa shape index (κ1) is 15.4. The van der Waals surface area contributed by atoms with Gasteiger partial charge in [0.15, 0.2) is 0 Å². The highest BCUT2D eigenvalue weighted by Gasteiger charge is 2.22. The van der Waals surface area contributed by atoms with Crippen molar-refractivity contribution in [2.75, 3.05) is 0 Å². The van der Waals surface area contributed by atoms with Gasteiger partial charge in [-0.05, 0) is 34.6 Å². The molecule has 0 radical (unpaired) electrons. The molecule has 0 spiro atoms. The molecule has 0 bridgehead atoms. The SMILES string of the molecule is Cc1nc(C(C)NC(=O)OC(C)(C)C)sc1C(=O)O. The standard InChI is InChI=1S/C12H18N2O4S/c1-6-8(10(15)16)19-9(13-6)7(2)14-11(17)18-12(3,4)5/h7H,1-5H3,(H,14,17)(H,15,16). The molecule has 1 amide bonds. The highest BCUT2D eigenvalue weighted by atomic mass is 32.1. The summed E-state index contributed by atoms with van der Waals surface area (Å²) in [6.45, 7) is 8.67. The average molecular weight is 286 g/mol. The highest BCUT2D eigenvalue weighted by Crippen LogP contribution is 2.23. The van der Waals surface area contributed by atoms with Crippen molar-refractivity contribution in [3.8, 4) is 0 Å². The fraction of sp³-hybridized carbons (Fsp3) is 0.583. The molecule has 0 aromatic carbocycles. The van der Waals surface area contributed by atoms with Gasteiger partial charge in [0.1, 0.15) is 15.5 Å². The van der Waals surface area contributed by atoms with Gasteiger partial charge in [0.25, 0.3) is 0 Å². The number of carboxylic acids is 1. The Morgan fingerprint density at radius 3 is 2.42 bits per heavy atom. The summed E-state index contributed by atoms with van der Waals surface area (Å²) in [5.74, 6) is -1.01. The monoisotopic (exact) mass is 286 g/mol. The number of rotatable bonds is 3. The largest absolute Gasteiger partial charge is 0.477 e. The van der Waals surface area contributed by atoms with Crippen molar-refractivity contribution < 1.29 is 19.4 Å². The lowest BCUT2D eigenvalue weighted by Crippen LogP contribution is -2.34. The molecular formula is C12H18N2O4S. The Bertz CT molecular complexity index is 490. The molecule has 1 unspecified atom stereocenters. The van der Waals surface area contributed by atoms with Crippen molar-refractivity contribution >= 4 is 23.4 Å². The van der Waals surface area contributed by atoms with Gasteiger partial charge in [-0.2, -0.15) is 0 Å². The van der Waals surface area contributed by atoms with E-state index in [1.165, 1.54) is 0 Å². The molecule has 0 aliphatic rings. The number of carboxylic acid groups (broad SMARTS) is 1. The second kappa shape index (κ2) is 5.56. The number of aromatic nitrogens is 1. The maximum atomic E-state index is 11.6. The number of hydrogen-bond donors (Lipinski definition) is 2. The molecule has 0 fully saturated rings. The summed E-state index contributed by atoms with van der Waals surface area (Å²) in [6, 6.07) is -0.397. The lowest BCUT2D eigenvalue weighted by molar-refractivity contribution is 0.0507. The van der Waals surface area contributed by atoms with E-state index in [1.54, 1.807) is 34.6 Å². The zero-order valence-corrected chi connectivity index (χ0v) is 12.4. The van der Waals surface area contributed by atoms with Crippen LogP contribution in [0.15, 0.2) is 0 Å². The van der Waals surface area contributed by atoms with E-state index in [-0.39, 0.29) is 4.88 Å². The third-order valence-corrected chi connectivity index (χ3v) is 3.44. The Hall–Kier alpha value is -1.63. The smallest absolute Gasteiger partial charge is 0.408 e. The summed E-state index contributed by atoms with van der Waals surface area (Å²) in [7, 11) is 0. The molecule has 6 nitrogen and oxygen atoms in total. The van der Waals surface area contributed by atoms with Gasteiger partial charge in [0.05, 0.1) is 11.7 Å². The summed E-state index contributed by atoms with van der Waals surface area (Å²) in [6.07, 6.45) is -0.551. The normalized spacial score (nSPS) is 12.9. The predicted octanol–water partition coefficient (Wildman–Crippen LogP) is 2.74. The molecule has 1 atom stereocenters. The van der Waals surface area contributed by atoms with Crippen molar-refractivity contribution in [2.45, 2.75) is 46.3 Å². The third kappa shape index (κ3) is 4.51. The van der Waals surface area contributed by atoms with Crippen LogP contribution in [-0.4, -0.2) is 27.8 Å². The van der Waals surface area contributed by atoms with E-state index in [1.807, 2.05) is 0 Å². The van der Waals surface area contributed by atoms with Gasteiger partial charge in [-0.15, -0.1) is 11.3 Å². The lowest BCUT2D eigenvalue weighted by atomic mass is 10.2. The lowest BCUT2D eigenvalue weighted by Gasteiger charge is -2.21. The summed E-state index contributed by atoms with van der Waals surface area (Å²) in [5.41, 5.74) is -0.125. The van der Waals surface area contributed by atoms with Crippen LogP contribution in [0.25, 0.3) is 0 Å². The molecule has 1 aromatic rings. The highest BCUT2D eigenvalue weighted by molar-refractivity contribution is 7.13. The number of nitrogens with one attached hydrogen (secondary N) is 1. The summed E-state index contributed by atoms with van der Waals surface area (Å²) in [5, 5.41) is 12.1. The van der Waals surface area contributed by atoms with Gasteiger partial charge in [-0.3, -0.25) is 0 Å². The number of thiazole rings is 1. The number of ether oxygens (including phenoxy) is 1. The Balaban J connectivity index is 2.73. The first-order valence-corrected chi connectivity index (χ1v) is 6.62. The number of alkyl carbamates (subject to hydrolysis) is 1. The molecule has 0 aliphatic heterocycles. The van der Waals surface area contributed by atoms with E-state index >= 15 is 0 Å². The first-order chi connectivity index (χ1) is 8.60. The molecular weight excluding hydrogens is 268 g/mol. The molecule has 7 heteroatoms. The molecule has 1 heterocycles. The molecule has 1 rings (SSSR count). The Kier molecular flexibility index (Phi) is 4.52.